The Bertz CT molecular complexity index is 421. The minimum Gasteiger partial charge on any atom is -0.465 e. The third kappa shape index (κ3) is 5.06. The maximum Gasteiger partial charge on any atom is 0.324 e. The van der Waals surface area contributed by atoms with E-state index in [1.807, 2.05) is 0 Å². The van der Waals surface area contributed by atoms with Gasteiger partial charge in [-0.25, -0.2) is 0 Å². The molecule has 0 heterocycles. The van der Waals surface area contributed by atoms with E-state index in [9.17, 15) is 14.7 Å². The zero-order valence-corrected chi connectivity index (χ0v) is 14.8. The molecule has 23 heavy (non-hydrogen) atoms. The zero-order valence-electron chi connectivity index (χ0n) is 14.8. The summed E-state index contributed by atoms with van der Waals surface area (Å²) in [4.78, 5) is 24.3. The van der Waals surface area contributed by atoms with Gasteiger partial charge in [-0.3, -0.25) is 9.59 Å². The Morgan fingerprint density at radius 1 is 1.17 bits per heavy atom. The average Bonchev–Trinajstić information content (AvgIpc) is 3.22. The Labute approximate surface area is 139 Å². The van der Waals surface area contributed by atoms with Crippen molar-refractivity contribution >= 4 is 11.9 Å². The van der Waals surface area contributed by atoms with E-state index in [-0.39, 0.29) is 19.1 Å². The van der Waals surface area contributed by atoms with Gasteiger partial charge in [0.25, 0.3) is 0 Å². The SMILES string of the molecule is CCCCCC(C)(O)/C=C/C1CC1(C(=O)OCC)C(=O)OCC. The van der Waals surface area contributed by atoms with E-state index in [0.717, 1.165) is 19.3 Å². The van der Waals surface area contributed by atoms with Crippen LogP contribution in [0.3, 0.4) is 0 Å². The summed E-state index contributed by atoms with van der Waals surface area (Å²) in [7, 11) is 0. The fourth-order valence-corrected chi connectivity index (χ4v) is 2.73. The van der Waals surface area contributed by atoms with E-state index in [2.05, 4.69) is 6.92 Å². The number of carbonyl (C=O) groups is 2. The van der Waals surface area contributed by atoms with Crippen molar-refractivity contribution in [2.24, 2.45) is 11.3 Å². The van der Waals surface area contributed by atoms with Gasteiger partial charge in [0.1, 0.15) is 0 Å². The number of unbranched alkanes of at least 4 members (excludes halogenated alkanes) is 2. The molecule has 0 spiro atoms. The predicted octanol–water partition coefficient (Wildman–Crippen LogP) is 3.01. The van der Waals surface area contributed by atoms with Crippen LogP contribution in [0.4, 0.5) is 0 Å². The highest BCUT2D eigenvalue weighted by atomic mass is 16.6. The second-order valence-electron chi connectivity index (χ2n) is 6.40. The second kappa shape index (κ2) is 8.48. The molecule has 0 radical (unpaired) electrons. The first-order chi connectivity index (χ1) is 10.8. The third-order valence-corrected chi connectivity index (χ3v) is 4.27. The lowest BCUT2D eigenvalue weighted by atomic mass is 9.96. The second-order valence-corrected chi connectivity index (χ2v) is 6.40. The molecule has 1 rings (SSSR count). The lowest BCUT2D eigenvalue weighted by molar-refractivity contribution is -0.164. The number of carbonyl (C=O) groups excluding carboxylic acids is 2. The fourth-order valence-electron chi connectivity index (χ4n) is 2.73. The first-order valence-corrected chi connectivity index (χ1v) is 8.60. The summed E-state index contributed by atoms with van der Waals surface area (Å²) in [5, 5.41) is 10.4. The number of rotatable bonds is 10. The molecule has 0 aromatic rings. The molecule has 1 N–H and O–H groups in total. The van der Waals surface area contributed by atoms with Crippen molar-refractivity contribution in [3.05, 3.63) is 12.2 Å². The van der Waals surface area contributed by atoms with E-state index in [4.69, 9.17) is 9.47 Å². The predicted molar refractivity (Wildman–Crippen MR) is 87.7 cm³/mol. The number of hydrogen-bond acceptors (Lipinski definition) is 5. The summed E-state index contributed by atoms with van der Waals surface area (Å²) in [5.41, 5.74) is -2.14. The summed E-state index contributed by atoms with van der Waals surface area (Å²) in [6, 6.07) is 0. The summed E-state index contributed by atoms with van der Waals surface area (Å²) in [6.45, 7) is 7.74. The molecule has 0 aromatic carbocycles. The highest BCUT2D eigenvalue weighted by Gasteiger charge is 2.67. The number of esters is 2. The molecule has 5 nitrogen and oxygen atoms in total. The first-order valence-electron chi connectivity index (χ1n) is 8.60. The van der Waals surface area contributed by atoms with Gasteiger partial charge in [0.2, 0.25) is 0 Å². The van der Waals surface area contributed by atoms with Gasteiger partial charge in [0.05, 0.1) is 18.8 Å². The van der Waals surface area contributed by atoms with Crippen molar-refractivity contribution in [1.29, 1.82) is 0 Å². The standard InChI is InChI=1S/C18H30O5/c1-5-8-9-11-17(4,21)12-10-14-13-18(14,15(19)22-6-2)16(20)23-7-3/h10,12,14,21H,5-9,11,13H2,1-4H3/b12-10+. The summed E-state index contributed by atoms with van der Waals surface area (Å²) < 4.78 is 10.1. The minimum atomic E-state index is -1.22. The molecule has 0 aromatic heterocycles. The highest BCUT2D eigenvalue weighted by Crippen LogP contribution is 2.55. The van der Waals surface area contributed by atoms with Crippen molar-refractivity contribution in [2.45, 2.75) is 65.4 Å². The van der Waals surface area contributed by atoms with E-state index >= 15 is 0 Å². The molecule has 0 saturated heterocycles. The first kappa shape index (κ1) is 19.7. The lowest BCUT2D eigenvalue weighted by Crippen LogP contribution is -2.32. The van der Waals surface area contributed by atoms with Crippen molar-refractivity contribution in [2.75, 3.05) is 13.2 Å². The monoisotopic (exact) mass is 326 g/mol. The Balaban J connectivity index is 2.74. The van der Waals surface area contributed by atoms with Gasteiger partial charge < -0.3 is 14.6 Å². The Kier molecular flexibility index (Phi) is 7.26. The van der Waals surface area contributed by atoms with E-state index in [0.29, 0.717) is 12.8 Å². The number of allylic oxidation sites excluding steroid dienone is 1. The van der Waals surface area contributed by atoms with Crippen molar-refractivity contribution in [3.8, 4) is 0 Å². The van der Waals surface area contributed by atoms with Gasteiger partial charge in [-0.05, 0) is 33.6 Å². The molecule has 0 amide bonds. The molecule has 1 saturated carbocycles. The maximum atomic E-state index is 12.2. The lowest BCUT2D eigenvalue weighted by Gasteiger charge is -2.19. The van der Waals surface area contributed by atoms with Crippen molar-refractivity contribution in [3.63, 3.8) is 0 Å². The van der Waals surface area contributed by atoms with E-state index in [1.165, 1.54) is 0 Å². The van der Waals surface area contributed by atoms with Gasteiger partial charge in [-0.1, -0.05) is 38.3 Å². The van der Waals surface area contributed by atoms with Crippen LogP contribution in [0, 0.1) is 11.3 Å². The Morgan fingerprint density at radius 2 is 1.74 bits per heavy atom. The van der Waals surface area contributed by atoms with Crippen LogP contribution in [-0.4, -0.2) is 35.9 Å². The van der Waals surface area contributed by atoms with Crippen molar-refractivity contribution < 1.29 is 24.2 Å². The van der Waals surface area contributed by atoms with Crippen LogP contribution in [-0.2, 0) is 19.1 Å². The molecular weight excluding hydrogens is 296 g/mol. The van der Waals surface area contributed by atoms with Crippen LogP contribution in [0.5, 0.6) is 0 Å². The maximum absolute atomic E-state index is 12.2. The summed E-state index contributed by atoms with van der Waals surface area (Å²) >= 11 is 0. The Morgan fingerprint density at radius 3 is 2.22 bits per heavy atom. The Hall–Kier alpha value is -1.36. The summed E-state index contributed by atoms with van der Waals surface area (Å²) in [5.74, 6) is -1.32. The number of aliphatic hydroxyl groups is 1. The van der Waals surface area contributed by atoms with Gasteiger partial charge in [0, 0.05) is 5.92 Å². The minimum absolute atomic E-state index is 0.227. The van der Waals surface area contributed by atoms with E-state index < -0.39 is 23.0 Å². The van der Waals surface area contributed by atoms with Crippen LogP contribution >= 0.6 is 0 Å². The number of ether oxygens (including phenoxy) is 2. The van der Waals surface area contributed by atoms with Crippen LogP contribution in [0.15, 0.2) is 12.2 Å². The molecule has 1 aliphatic carbocycles. The topological polar surface area (TPSA) is 72.8 Å². The molecule has 5 heteroatoms. The number of hydrogen-bond donors (Lipinski definition) is 1. The molecule has 0 bridgehead atoms. The smallest absolute Gasteiger partial charge is 0.324 e. The van der Waals surface area contributed by atoms with Crippen LogP contribution in [0.2, 0.25) is 0 Å². The molecule has 132 valence electrons. The highest BCUT2D eigenvalue weighted by molar-refractivity contribution is 6.04. The van der Waals surface area contributed by atoms with Gasteiger partial charge in [0.15, 0.2) is 5.41 Å². The summed E-state index contributed by atoms with van der Waals surface area (Å²) in [6.07, 6.45) is 7.62. The molecule has 0 aliphatic heterocycles. The van der Waals surface area contributed by atoms with E-state index in [1.54, 1.807) is 32.9 Å². The largest absolute Gasteiger partial charge is 0.465 e. The van der Waals surface area contributed by atoms with Gasteiger partial charge in [-0.2, -0.15) is 0 Å². The van der Waals surface area contributed by atoms with Crippen LogP contribution in [0.1, 0.15) is 59.8 Å². The van der Waals surface area contributed by atoms with Gasteiger partial charge >= 0.3 is 11.9 Å². The van der Waals surface area contributed by atoms with Crippen LogP contribution in [0.25, 0.3) is 0 Å². The molecule has 1 fully saturated rings. The molecule has 2 atom stereocenters. The molecular formula is C18H30O5. The van der Waals surface area contributed by atoms with Crippen molar-refractivity contribution in [1.82, 2.24) is 0 Å². The third-order valence-electron chi connectivity index (χ3n) is 4.27. The van der Waals surface area contributed by atoms with Crippen LogP contribution < -0.4 is 0 Å². The quantitative estimate of drug-likeness (QED) is 0.289. The average molecular weight is 326 g/mol. The van der Waals surface area contributed by atoms with Gasteiger partial charge in [-0.15, -0.1) is 0 Å². The zero-order chi connectivity index (χ0) is 17.5. The normalized spacial score (nSPS) is 21.7. The fraction of sp³-hybridized carbons (Fsp3) is 0.778. The molecule has 1 aliphatic rings. The molecule has 2 unspecified atom stereocenters.